The van der Waals surface area contributed by atoms with Crippen LogP contribution in [0.3, 0.4) is 0 Å². The number of aromatic nitrogens is 2. The molecular weight excluding hydrogens is 572 g/mol. The minimum absolute atomic E-state index is 0.160. The van der Waals surface area contributed by atoms with Gasteiger partial charge in [-0.15, -0.1) is 0 Å². The number of ketones is 1. The molecule has 0 saturated carbocycles. The molecule has 2 aromatic rings. The SMILES string of the molecule is CC(C(=O)C(C)c1n[c]([Sn]([CH3])([CH3])[CH3])ccc1F)c1n[c]([Sn]([CH3])([CH3])[CH3])ccc1F. The molecule has 0 bridgehead atoms. The van der Waals surface area contributed by atoms with Crippen LogP contribution in [0.2, 0.25) is 29.6 Å². The van der Waals surface area contributed by atoms with Crippen molar-refractivity contribution >= 4 is 50.0 Å². The standard InChI is InChI=1S/C15H12F2N2O.6CH3.2Sn/c1-9(13-11(16)5-3-7-18-13)15(20)10(2)14-12(17)6-4-8-19-14;;;;;;;;/h3-6,9-10H,1-2H3;6*1H3;;. The van der Waals surface area contributed by atoms with Crippen LogP contribution in [0.5, 0.6) is 0 Å². The van der Waals surface area contributed by atoms with E-state index in [0.29, 0.717) is 0 Å². The van der Waals surface area contributed by atoms with Crippen LogP contribution in [-0.4, -0.2) is 52.5 Å². The zero-order chi connectivity index (χ0) is 21.4. The molecule has 2 atom stereocenters. The second kappa shape index (κ2) is 8.66. The maximum absolute atomic E-state index is 14.5. The van der Waals surface area contributed by atoms with Crippen molar-refractivity contribution in [1.29, 1.82) is 0 Å². The van der Waals surface area contributed by atoms with E-state index in [9.17, 15) is 13.6 Å². The molecule has 7 heteroatoms. The summed E-state index contributed by atoms with van der Waals surface area (Å²) in [5, 5.41) is 0. The van der Waals surface area contributed by atoms with Gasteiger partial charge in [0.05, 0.1) is 0 Å². The number of hydrogen-bond donors (Lipinski definition) is 0. The van der Waals surface area contributed by atoms with Gasteiger partial charge in [0.1, 0.15) is 0 Å². The van der Waals surface area contributed by atoms with Crippen molar-refractivity contribution in [2.24, 2.45) is 0 Å². The molecule has 152 valence electrons. The Labute approximate surface area is 175 Å². The van der Waals surface area contributed by atoms with Gasteiger partial charge < -0.3 is 0 Å². The second-order valence-corrected chi connectivity index (χ2v) is 38.1. The Morgan fingerprint density at radius 3 is 1.36 bits per heavy atom. The number of carbonyl (C=O) groups excluding carboxylic acids is 1. The Hall–Kier alpha value is -0.573. The molecule has 2 heterocycles. The average molecular weight is 602 g/mol. The van der Waals surface area contributed by atoms with Gasteiger partial charge in [-0.3, -0.25) is 0 Å². The van der Waals surface area contributed by atoms with Gasteiger partial charge in [0.2, 0.25) is 0 Å². The molecule has 0 spiro atoms. The number of nitrogens with zero attached hydrogens (tertiary/aromatic N) is 2. The Morgan fingerprint density at radius 2 is 1.07 bits per heavy atom. The van der Waals surface area contributed by atoms with Crippen LogP contribution in [0.15, 0.2) is 24.3 Å². The van der Waals surface area contributed by atoms with E-state index in [4.69, 9.17) is 0 Å². The van der Waals surface area contributed by atoms with E-state index in [1.807, 2.05) is 0 Å². The molecule has 0 aliphatic rings. The minimum atomic E-state index is -2.51. The molecule has 0 fully saturated rings. The van der Waals surface area contributed by atoms with Crippen LogP contribution < -0.4 is 7.42 Å². The van der Waals surface area contributed by atoms with Crippen molar-refractivity contribution in [3.63, 3.8) is 0 Å². The summed E-state index contributed by atoms with van der Waals surface area (Å²) >= 11 is -5.02. The molecule has 28 heavy (non-hydrogen) atoms. The Balaban J connectivity index is 2.41. The zero-order valence-electron chi connectivity index (χ0n) is 18.0. The molecule has 2 rings (SSSR count). The van der Waals surface area contributed by atoms with Crippen LogP contribution in [0.1, 0.15) is 37.1 Å². The summed E-state index contributed by atoms with van der Waals surface area (Å²) in [6.07, 6.45) is 0. The first kappa shape index (κ1) is 23.7. The predicted molar refractivity (Wildman–Crippen MR) is 116 cm³/mol. The fraction of sp³-hybridized carbons (Fsp3) is 0.476. The van der Waals surface area contributed by atoms with Crippen LogP contribution in [0.4, 0.5) is 8.78 Å². The third-order valence-electron chi connectivity index (χ3n) is 4.96. The molecule has 0 aliphatic heterocycles. The molecule has 2 unspecified atom stereocenters. The normalized spacial score (nSPS) is 14.6. The molecule has 0 aliphatic carbocycles. The zero-order valence-corrected chi connectivity index (χ0v) is 23.7. The van der Waals surface area contributed by atoms with Crippen molar-refractivity contribution in [3.05, 3.63) is 47.3 Å². The molecule has 0 N–H and O–H groups in total. The van der Waals surface area contributed by atoms with Crippen molar-refractivity contribution in [2.45, 2.75) is 55.3 Å². The first-order valence-electron chi connectivity index (χ1n) is 9.61. The fourth-order valence-corrected chi connectivity index (χ4v) is 8.93. The first-order chi connectivity index (χ1) is 12.7. The molecule has 0 aromatic carbocycles. The summed E-state index contributed by atoms with van der Waals surface area (Å²) < 4.78 is 30.8. The first-order valence-corrected chi connectivity index (χ1v) is 29.6. The van der Waals surface area contributed by atoms with Crippen molar-refractivity contribution in [2.75, 3.05) is 0 Å². The van der Waals surface area contributed by atoms with E-state index in [0.717, 1.165) is 7.42 Å². The van der Waals surface area contributed by atoms with Crippen LogP contribution in [-0.2, 0) is 4.79 Å². The Kier molecular flexibility index (Phi) is 7.33. The van der Waals surface area contributed by atoms with Crippen LogP contribution in [0, 0.1) is 11.6 Å². The maximum atomic E-state index is 14.5. The van der Waals surface area contributed by atoms with E-state index < -0.39 is 60.2 Å². The van der Waals surface area contributed by atoms with Gasteiger partial charge in [0.25, 0.3) is 0 Å². The van der Waals surface area contributed by atoms with Crippen molar-refractivity contribution in [3.8, 4) is 0 Å². The molecule has 0 radical (unpaired) electrons. The third-order valence-corrected chi connectivity index (χ3v) is 15.3. The number of carbonyl (C=O) groups is 1. The van der Waals surface area contributed by atoms with E-state index >= 15 is 0 Å². The van der Waals surface area contributed by atoms with Crippen molar-refractivity contribution < 1.29 is 13.6 Å². The van der Waals surface area contributed by atoms with Gasteiger partial charge in [-0.25, -0.2) is 0 Å². The van der Waals surface area contributed by atoms with Gasteiger partial charge in [0, 0.05) is 0 Å². The molecular formula is C21H30F2N2OSn2. The second-order valence-electron chi connectivity index (χ2n) is 9.47. The van der Waals surface area contributed by atoms with E-state index in [-0.39, 0.29) is 17.2 Å². The van der Waals surface area contributed by atoms with E-state index in [2.05, 4.69) is 39.6 Å². The van der Waals surface area contributed by atoms with Gasteiger partial charge in [-0.05, 0) is 0 Å². The number of pyridine rings is 2. The number of rotatable bonds is 6. The summed E-state index contributed by atoms with van der Waals surface area (Å²) in [6, 6.07) is 6.27. The summed E-state index contributed by atoms with van der Waals surface area (Å²) in [6.45, 7) is 3.30. The summed E-state index contributed by atoms with van der Waals surface area (Å²) in [5.41, 5.74) is 0.320. The number of hydrogen-bond acceptors (Lipinski definition) is 3. The van der Waals surface area contributed by atoms with Crippen LogP contribution in [0.25, 0.3) is 0 Å². The Morgan fingerprint density at radius 1 is 0.750 bits per heavy atom. The van der Waals surface area contributed by atoms with E-state index in [1.165, 1.54) is 12.1 Å². The van der Waals surface area contributed by atoms with Gasteiger partial charge >= 0.3 is 176 Å². The van der Waals surface area contributed by atoms with Gasteiger partial charge in [0.15, 0.2) is 0 Å². The third kappa shape index (κ3) is 5.32. The number of halogens is 2. The fourth-order valence-electron chi connectivity index (χ4n) is 3.00. The molecule has 0 saturated heterocycles. The monoisotopic (exact) mass is 604 g/mol. The summed E-state index contributed by atoms with van der Waals surface area (Å²) in [7, 11) is 0. The van der Waals surface area contributed by atoms with Crippen LogP contribution >= 0.6 is 0 Å². The van der Waals surface area contributed by atoms with Gasteiger partial charge in [-0.2, -0.15) is 0 Å². The van der Waals surface area contributed by atoms with Gasteiger partial charge in [-0.1, -0.05) is 0 Å². The quantitative estimate of drug-likeness (QED) is 0.464. The molecule has 0 amide bonds. The van der Waals surface area contributed by atoms with E-state index in [1.54, 1.807) is 26.0 Å². The molecule has 3 nitrogen and oxygen atoms in total. The average Bonchev–Trinajstić information content (AvgIpc) is 2.58. The summed E-state index contributed by atoms with van der Waals surface area (Å²) in [5.74, 6) is -2.75. The summed E-state index contributed by atoms with van der Waals surface area (Å²) in [4.78, 5) is 35.3. The molecule has 2 aromatic heterocycles. The predicted octanol–water partition coefficient (Wildman–Crippen LogP) is 4.32. The topological polar surface area (TPSA) is 42.9 Å². The van der Waals surface area contributed by atoms with Crippen molar-refractivity contribution in [1.82, 2.24) is 9.97 Å². The number of Topliss-reactive ketones (excluding diaryl/α,β-unsaturated/α-hetero) is 1. The Bertz CT molecular complexity index is 817.